The van der Waals surface area contributed by atoms with Crippen LogP contribution >= 0.6 is 0 Å². The first-order valence-corrected chi connectivity index (χ1v) is 7.44. The van der Waals surface area contributed by atoms with Crippen molar-refractivity contribution in [3.05, 3.63) is 18.0 Å². The molecule has 0 aliphatic heterocycles. The van der Waals surface area contributed by atoms with Crippen LogP contribution in [0, 0.1) is 11.8 Å². The minimum Gasteiger partial charge on any atom is -0.330 e. The molecule has 0 bridgehead atoms. The van der Waals surface area contributed by atoms with Crippen LogP contribution in [0.4, 0.5) is 0 Å². The molecule has 1 aliphatic carbocycles. The summed E-state index contributed by atoms with van der Waals surface area (Å²) in [5, 5.41) is 4.77. The molecule has 2 rings (SSSR count). The first kappa shape index (κ1) is 13.6. The summed E-state index contributed by atoms with van der Waals surface area (Å²) in [6.45, 7) is 5.25. The van der Waals surface area contributed by atoms with Crippen molar-refractivity contribution >= 4 is 0 Å². The van der Waals surface area contributed by atoms with Gasteiger partial charge in [-0.2, -0.15) is 5.10 Å². The highest BCUT2D eigenvalue weighted by atomic mass is 15.3. The van der Waals surface area contributed by atoms with Crippen LogP contribution in [-0.2, 0) is 6.42 Å². The molecule has 1 aromatic rings. The fourth-order valence-corrected chi connectivity index (χ4v) is 2.90. The average molecular weight is 249 g/mol. The normalized spacial score (nSPS) is 19.3. The third-order valence-electron chi connectivity index (χ3n) is 4.33. The fraction of sp³-hybridized carbons (Fsp3) is 0.800. The Morgan fingerprint density at radius 1 is 1.33 bits per heavy atom. The number of aromatic nitrogens is 2. The average Bonchev–Trinajstić information content (AvgIpc) is 2.85. The summed E-state index contributed by atoms with van der Waals surface area (Å²) in [5.41, 5.74) is 7.05. The van der Waals surface area contributed by atoms with E-state index >= 15 is 0 Å². The van der Waals surface area contributed by atoms with E-state index < -0.39 is 0 Å². The quantitative estimate of drug-likeness (QED) is 0.871. The van der Waals surface area contributed by atoms with Gasteiger partial charge in [-0.25, -0.2) is 0 Å². The summed E-state index contributed by atoms with van der Waals surface area (Å²) in [4.78, 5) is 0. The number of rotatable bonds is 5. The summed E-state index contributed by atoms with van der Waals surface area (Å²) in [7, 11) is 0. The molecule has 1 atom stereocenters. The maximum atomic E-state index is 5.84. The van der Waals surface area contributed by atoms with Gasteiger partial charge in [0.1, 0.15) is 0 Å². The largest absolute Gasteiger partial charge is 0.330 e. The van der Waals surface area contributed by atoms with Gasteiger partial charge in [-0.05, 0) is 43.7 Å². The van der Waals surface area contributed by atoms with Gasteiger partial charge in [-0.15, -0.1) is 0 Å². The van der Waals surface area contributed by atoms with E-state index in [1.165, 1.54) is 37.8 Å². The predicted octanol–water partition coefficient (Wildman–Crippen LogP) is 3.16. The number of hydrogen-bond acceptors (Lipinski definition) is 2. The molecule has 3 nitrogen and oxygen atoms in total. The molecule has 0 saturated heterocycles. The Labute approximate surface area is 111 Å². The highest BCUT2D eigenvalue weighted by molar-refractivity contribution is 5.02. The van der Waals surface area contributed by atoms with E-state index in [2.05, 4.69) is 30.8 Å². The van der Waals surface area contributed by atoms with Crippen molar-refractivity contribution in [1.82, 2.24) is 9.78 Å². The van der Waals surface area contributed by atoms with Gasteiger partial charge < -0.3 is 5.73 Å². The van der Waals surface area contributed by atoms with Crippen LogP contribution in [-0.4, -0.2) is 16.3 Å². The molecule has 1 heterocycles. The summed E-state index contributed by atoms with van der Waals surface area (Å²) in [6.07, 6.45) is 9.89. The standard InChI is InChI=1S/C15H27N3/c1-12(2)13(11-16)10-14-8-9-18(17-14)15-6-4-3-5-7-15/h8-9,12-13,15H,3-7,10-11,16H2,1-2H3. The van der Waals surface area contributed by atoms with Crippen LogP contribution in [0.3, 0.4) is 0 Å². The zero-order valence-corrected chi connectivity index (χ0v) is 11.8. The van der Waals surface area contributed by atoms with Crippen molar-refractivity contribution in [1.29, 1.82) is 0 Å². The molecular weight excluding hydrogens is 222 g/mol. The summed E-state index contributed by atoms with van der Waals surface area (Å²) in [6, 6.07) is 2.82. The Bertz CT molecular complexity index is 350. The van der Waals surface area contributed by atoms with Crippen molar-refractivity contribution in [3.8, 4) is 0 Å². The second kappa shape index (κ2) is 6.37. The lowest BCUT2D eigenvalue weighted by Gasteiger charge is -2.22. The molecule has 1 aliphatic rings. The molecule has 0 spiro atoms. The van der Waals surface area contributed by atoms with Crippen molar-refractivity contribution in [2.24, 2.45) is 17.6 Å². The van der Waals surface area contributed by atoms with E-state index in [-0.39, 0.29) is 0 Å². The van der Waals surface area contributed by atoms with Crippen molar-refractivity contribution < 1.29 is 0 Å². The molecular formula is C15H27N3. The first-order valence-electron chi connectivity index (χ1n) is 7.44. The zero-order valence-electron chi connectivity index (χ0n) is 11.8. The second-order valence-corrected chi connectivity index (χ2v) is 6.02. The monoisotopic (exact) mass is 249 g/mol. The molecule has 102 valence electrons. The third kappa shape index (κ3) is 3.35. The second-order valence-electron chi connectivity index (χ2n) is 6.02. The highest BCUT2D eigenvalue weighted by Crippen LogP contribution is 2.27. The Morgan fingerprint density at radius 2 is 2.06 bits per heavy atom. The number of nitrogens with two attached hydrogens (primary N) is 1. The Kier molecular flexibility index (Phi) is 4.81. The van der Waals surface area contributed by atoms with Crippen LogP contribution in [0.5, 0.6) is 0 Å². The molecule has 1 fully saturated rings. The lowest BCUT2D eigenvalue weighted by Crippen LogP contribution is -2.22. The van der Waals surface area contributed by atoms with Gasteiger partial charge in [0.2, 0.25) is 0 Å². The Morgan fingerprint density at radius 3 is 2.67 bits per heavy atom. The number of hydrogen-bond donors (Lipinski definition) is 1. The Hall–Kier alpha value is -0.830. The Balaban J connectivity index is 1.96. The van der Waals surface area contributed by atoms with Crippen LogP contribution in [0.1, 0.15) is 57.7 Å². The van der Waals surface area contributed by atoms with E-state index in [0.717, 1.165) is 13.0 Å². The van der Waals surface area contributed by atoms with E-state index in [1.54, 1.807) is 0 Å². The minimum atomic E-state index is 0.555. The van der Waals surface area contributed by atoms with Gasteiger partial charge in [-0.1, -0.05) is 33.1 Å². The van der Waals surface area contributed by atoms with Gasteiger partial charge in [0.15, 0.2) is 0 Å². The zero-order chi connectivity index (χ0) is 13.0. The van der Waals surface area contributed by atoms with Crippen molar-refractivity contribution in [2.75, 3.05) is 6.54 Å². The van der Waals surface area contributed by atoms with Gasteiger partial charge in [0, 0.05) is 6.20 Å². The predicted molar refractivity (Wildman–Crippen MR) is 75.4 cm³/mol. The molecule has 2 N–H and O–H groups in total. The van der Waals surface area contributed by atoms with Crippen LogP contribution < -0.4 is 5.73 Å². The smallest absolute Gasteiger partial charge is 0.0628 e. The van der Waals surface area contributed by atoms with Crippen molar-refractivity contribution in [2.45, 2.75) is 58.4 Å². The van der Waals surface area contributed by atoms with Crippen LogP contribution in [0.2, 0.25) is 0 Å². The maximum absolute atomic E-state index is 5.84. The first-order chi connectivity index (χ1) is 8.70. The molecule has 3 heteroatoms. The topological polar surface area (TPSA) is 43.8 Å². The molecule has 18 heavy (non-hydrogen) atoms. The number of nitrogens with zero attached hydrogens (tertiary/aromatic N) is 2. The molecule has 1 aromatic heterocycles. The van der Waals surface area contributed by atoms with E-state index in [4.69, 9.17) is 10.8 Å². The van der Waals surface area contributed by atoms with Gasteiger partial charge in [-0.3, -0.25) is 4.68 Å². The molecule has 0 aromatic carbocycles. The lowest BCUT2D eigenvalue weighted by atomic mass is 9.91. The SMILES string of the molecule is CC(C)C(CN)Cc1ccn(C2CCCCC2)n1. The highest BCUT2D eigenvalue weighted by Gasteiger charge is 2.18. The van der Waals surface area contributed by atoms with E-state index in [9.17, 15) is 0 Å². The van der Waals surface area contributed by atoms with Crippen LogP contribution in [0.15, 0.2) is 12.3 Å². The minimum absolute atomic E-state index is 0.555. The van der Waals surface area contributed by atoms with E-state index in [1.807, 2.05) is 0 Å². The van der Waals surface area contributed by atoms with Crippen LogP contribution in [0.25, 0.3) is 0 Å². The van der Waals surface area contributed by atoms with Gasteiger partial charge in [0.25, 0.3) is 0 Å². The fourth-order valence-electron chi connectivity index (χ4n) is 2.90. The molecule has 0 radical (unpaired) electrons. The lowest BCUT2D eigenvalue weighted by molar-refractivity contribution is 0.325. The molecule has 1 unspecified atom stereocenters. The third-order valence-corrected chi connectivity index (χ3v) is 4.33. The molecule has 1 saturated carbocycles. The summed E-state index contributed by atoms with van der Waals surface area (Å²) >= 11 is 0. The summed E-state index contributed by atoms with van der Waals surface area (Å²) in [5.74, 6) is 1.19. The van der Waals surface area contributed by atoms with Crippen molar-refractivity contribution in [3.63, 3.8) is 0 Å². The maximum Gasteiger partial charge on any atom is 0.0628 e. The summed E-state index contributed by atoms with van der Waals surface area (Å²) < 4.78 is 2.20. The van der Waals surface area contributed by atoms with E-state index in [0.29, 0.717) is 17.9 Å². The molecule has 0 amide bonds. The van der Waals surface area contributed by atoms with Gasteiger partial charge in [0.05, 0.1) is 11.7 Å². The van der Waals surface area contributed by atoms with Gasteiger partial charge >= 0.3 is 0 Å².